The van der Waals surface area contributed by atoms with E-state index in [1.807, 2.05) is 0 Å². The predicted octanol–water partition coefficient (Wildman–Crippen LogP) is 2.48. The van der Waals surface area contributed by atoms with Crippen LogP contribution in [0.5, 0.6) is 5.75 Å². The number of carboxylic acid groups (broad SMARTS) is 1. The van der Waals surface area contributed by atoms with Gasteiger partial charge >= 0.3 is 11.9 Å². The number of carboxylic acids is 1. The molecule has 0 aliphatic heterocycles. The Balaban J connectivity index is 2.90. The summed E-state index contributed by atoms with van der Waals surface area (Å²) in [5.74, 6) is -1.52. The van der Waals surface area contributed by atoms with Gasteiger partial charge in [0.05, 0.1) is 6.61 Å². The summed E-state index contributed by atoms with van der Waals surface area (Å²) in [5, 5.41) is 9.03. The molecule has 6 heteroatoms. The van der Waals surface area contributed by atoms with Gasteiger partial charge in [0.2, 0.25) is 0 Å². The number of hydrogen-bond acceptors (Lipinski definition) is 4. The van der Waals surface area contributed by atoms with Crippen molar-refractivity contribution in [1.82, 2.24) is 0 Å². The van der Waals surface area contributed by atoms with Crippen LogP contribution in [0.15, 0.2) is 22.7 Å². The van der Waals surface area contributed by atoms with Crippen LogP contribution in [0.4, 0.5) is 0 Å². The lowest BCUT2D eigenvalue weighted by molar-refractivity contribution is -0.150. The summed E-state index contributed by atoms with van der Waals surface area (Å²) >= 11 is 3.17. The number of ether oxygens (including phenoxy) is 2. The van der Waals surface area contributed by atoms with Crippen molar-refractivity contribution in [3.05, 3.63) is 28.2 Å². The summed E-state index contributed by atoms with van der Waals surface area (Å²) < 4.78 is 10.7. The van der Waals surface area contributed by atoms with Crippen molar-refractivity contribution in [3.63, 3.8) is 0 Å². The zero-order chi connectivity index (χ0) is 13.7. The van der Waals surface area contributed by atoms with Crippen LogP contribution in [0.2, 0.25) is 0 Å². The Kier molecular flexibility index (Phi) is 5.15. The van der Waals surface area contributed by atoms with Gasteiger partial charge in [0.15, 0.2) is 6.10 Å². The molecule has 5 nitrogen and oxygen atoms in total. The summed E-state index contributed by atoms with van der Waals surface area (Å²) in [6, 6.07) is 4.54. The van der Waals surface area contributed by atoms with Gasteiger partial charge in [-0.05, 0) is 32.0 Å². The number of hydrogen-bond donors (Lipinski definition) is 1. The molecule has 0 heterocycles. The molecular weight excluding hydrogens is 304 g/mol. The lowest BCUT2D eigenvalue weighted by Crippen LogP contribution is -2.26. The molecule has 0 fully saturated rings. The number of carbonyl (C=O) groups is 2. The molecule has 18 heavy (non-hydrogen) atoms. The van der Waals surface area contributed by atoms with Crippen LogP contribution in [0, 0.1) is 0 Å². The Morgan fingerprint density at radius 3 is 2.67 bits per heavy atom. The summed E-state index contributed by atoms with van der Waals surface area (Å²) in [6.45, 7) is 3.44. The number of carbonyl (C=O) groups excluding carboxylic acids is 1. The van der Waals surface area contributed by atoms with Crippen LogP contribution >= 0.6 is 15.9 Å². The standard InChI is InChI=1S/C12H13BrO5/c1-3-17-12(16)7(2)18-10-5-4-8(13)6-9(10)11(14)15/h4-7H,3H2,1-2H3,(H,14,15). The summed E-state index contributed by atoms with van der Waals surface area (Å²) in [5.41, 5.74) is -0.0134. The van der Waals surface area contributed by atoms with Gasteiger partial charge < -0.3 is 14.6 Å². The molecule has 0 aromatic heterocycles. The Labute approximate surface area is 113 Å². The highest BCUT2D eigenvalue weighted by atomic mass is 79.9. The molecule has 1 aromatic carbocycles. The van der Waals surface area contributed by atoms with Crippen LogP contribution in [0.3, 0.4) is 0 Å². The smallest absolute Gasteiger partial charge is 0.347 e. The fourth-order valence-electron chi connectivity index (χ4n) is 1.27. The van der Waals surface area contributed by atoms with E-state index in [0.29, 0.717) is 4.47 Å². The SMILES string of the molecule is CCOC(=O)C(C)Oc1ccc(Br)cc1C(=O)O. The van der Waals surface area contributed by atoms with E-state index in [-0.39, 0.29) is 17.9 Å². The van der Waals surface area contributed by atoms with E-state index in [1.54, 1.807) is 13.0 Å². The van der Waals surface area contributed by atoms with Crippen LogP contribution in [-0.2, 0) is 9.53 Å². The van der Waals surface area contributed by atoms with Gasteiger partial charge in [0, 0.05) is 4.47 Å². The van der Waals surface area contributed by atoms with Crippen molar-refractivity contribution >= 4 is 27.9 Å². The fraction of sp³-hybridized carbons (Fsp3) is 0.333. The molecule has 1 atom stereocenters. The average molecular weight is 317 g/mol. The first-order valence-corrected chi connectivity index (χ1v) is 6.11. The maximum atomic E-state index is 11.4. The van der Waals surface area contributed by atoms with Crippen molar-refractivity contribution in [2.24, 2.45) is 0 Å². The molecule has 1 N–H and O–H groups in total. The summed E-state index contributed by atoms with van der Waals surface area (Å²) in [6.07, 6.45) is -0.857. The van der Waals surface area contributed by atoms with Crippen molar-refractivity contribution < 1.29 is 24.2 Å². The molecule has 0 saturated heterocycles. The second kappa shape index (κ2) is 6.39. The van der Waals surface area contributed by atoms with Crippen molar-refractivity contribution in [1.29, 1.82) is 0 Å². The minimum absolute atomic E-state index is 0.0134. The van der Waals surface area contributed by atoms with E-state index in [4.69, 9.17) is 14.6 Å². The first kappa shape index (κ1) is 14.5. The highest BCUT2D eigenvalue weighted by Crippen LogP contribution is 2.24. The third-order valence-electron chi connectivity index (χ3n) is 2.09. The maximum Gasteiger partial charge on any atom is 0.347 e. The van der Waals surface area contributed by atoms with Crippen LogP contribution in [0.25, 0.3) is 0 Å². The molecule has 1 rings (SSSR count). The van der Waals surface area contributed by atoms with Gasteiger partial charge in [-0.25, -0.2) is 9.59 Å². The van der Waals surface area contributed by atoms with Crippen LogP contribution < -0.4 is 4.74 Å². The molecule has 0 bridgehead atoms. The second-order valence-corrected chi connectivity index (χ2v) is 4.37. The van der Waals surface area contributed by atoms with Gasteiger partial charge in [0.25, 0.3) is 0 Å². The molecular formula is C12H13BrO5. The van der Waals surface area contributed by atoms with E-state index in [9.17, 15) is 9.59 Å². The zero-order valence-corrected chi connectivity index (χ0v) is 11.6. The average Bonchev–Trinajstić information content (AvgIpc) is 2.31. The van der Waals surface area contributed by atoms with Gasteiger partial charge in [-0.15, -0.1) is 0 Å². The quantitative estimate of drug-likeness (QED) is 0.845. The molecule has 1 aromatic rings. The Morgan fingerprint density at radius 2 is 2.11 bits per heavy atom. The molecule has 0 aliphatic rings. The molecule has 1 unspecified atom stereocenters. The van der Waals surface area contributed by atoms with Crippen molar-refractivity contribution in [2.45, 2.75) is 20.0 Å². The molecule has 0 radical (unpaired) electrons. The monoisotopic (exact) mass is 316 g/mol. The number of rotatable bonds is 5. The zero-order valence-electron chi connectivity index (χ0n) is 9.97. The lowest BCUT2D eigenvalue weighted by atomic mass is 10.2. The van der Waals surface area contributed by atoms with Gasteiger partial charge in [-0.2, -0.15) is 0 Å². The first-order valence-electron chi connectivity index (χ1n) is 5.31. The number of esters is 1. The van der Waals surface area contributed by atoms with Crippen molar-refractivity contribution in [3.8, 4) is 5.75 Å². The lowest BCUT2D eigenvalue weighted by Gasteiger charge is -2.15. The number of benzene rings is 1. The van der Waals surface area contributed by atoms with E-state index in [0.717, 1.165) is 0 Å². The minimum Gasteiger partial charge on any atom is -0.478 e. The number of halogens is 1. The first-order chi connectivity index (χ1) is 8.45. The fourth-order valence-corrected chi connectivity index (χ4v) is 1.63. The Morgan fingerprint density at radius 1 is 1.44 bits per heavy atom. The number of aromatic carboxylic acids is 1. The van der Waals surface area contributed by atoms with Crippen molar-refractivity contribution in [2.75, 3.05) is 6.61 Å². The molecule has 98 valence electrons. The molecule has 0 aliphatic carbocycles. The van der Waals surface area contributed by atoms with E-state index in [2.05, 4.69) is 15.9 Å². The minimum atomic E-state index is -1.12. The summed E-state index contributed by atoms with van der Waals surface area (Å²) in [4.78, 5) is 22.4. The highest BCUT2D eigenvalue weighted by Gasteiger charge is 2.19. The van der Waals surface area contributed by atoms with Crippen LogP contribution in [-0.4, -0.2) is 29.8 Å². The Bertz CT molecular complexity index is 458. The molecule has 0 amide bonds. The second-order valence-electron chi connectivity index (χ2n) is 3.46. The summed E-state index contributed by atoms with van der Waals surface area (Å²) in [7, 11) is 0. The van der Waals surface area contributed by atoms with Gasteiger partial charge in [-0.3, -0.25) is 0 Å². The van der Waals surface area contributed by atoms with Gasteiger partial charge in [-0.1, -0.05) is 15.9 Å². The highest BCUT2D eigenvalue weighted by molar-refractivity contribution is 9.10. The Hall–Kier alpha value is -1.56. The topological polar surface area (TPSA) is 72.8 Å². The normalized spacial score (nSPS) is 11.7. The van der Waals surface area contributed by atoms with E-state index >= 15 is 0 Å². The third kappa shape index (κ3) is 3.73. The molecule has 0 spiro atoms. The van der Waals surface area contributed by atoms with Gasteiger partial charge in [0.1, 0.15) is 11.3 Å². The molecule has 0 saturated carbocycles. The maximum absolute atomic E-state index is 11.4. The van der Waals surface area contributed by atoms with E-state index < -0.39 is 18.0 Å². The van der Waals surface area contributed by atoms with E-state index in [1.165, 1.54) is 19.1 Å². The van der Waals surface area contributed by atoms with Crippen LogP contribution in [0.1, 0.15) is 24.2 Å². The third-order valence-corrected chi connectivity index (χ3v) is 2.59. The predicted molar refractivity (Wildman–Crippen MR) is 67.8 cm³/mol. The largest absolute Gasteiger partial charge is 0.478 e.